The second-order valence-corrected chi connectivity index (χ2v) is 11.2. The summed E-state index contributed by atoms with van der Waals surface area (Å²) in [5, 5.41) is 4.22. The van der Waals surface area contributed by atoms with Crippen molar-refractivity contribution in [3.8, 4) is 12.3 Å². The molecule has 0 aliphatic heterocycles. The van der Waals surface area contributed by atoms with Crippen LogP contribution >= 0.6 is 0 Å². The van der Waals surface area contributed by atoms with Gasteiger partial charge in [0.2, 0.25) is 0 Å². The Morgan fingerprint density at radius 1 is 1.11 bits per heavy atom. The third kappa shape index (κ3) is 15.9. The number of carbonyl (C=O) groups is 4. The van der Waals surface area contributed by atoms with Gasteiger partial charge in [-0.1, -0.05) is 71.4 Å². The number of ether oxygens (including phenoxy) is 4. The first-order chi connectivity index (χ1) is 20.4. The van der Waals surface area contributed by atoms with Crippen LogP contribution in [0.2, 0.25) is 0 Å². The molecule has 1 amide bonds. The predicted molar refractivity (Wildman–Crippen MR) is 172 cm³/mol. The van der Waals surface area contributed by atoms with Gasteiger partial charge in [0.05, 0.1) is 37.6 Å². The number of hydrazine groups is 1. The van der Waals surface area contributed by atoms with Gasteiger partial charge in [0.25, 0.3) is 0 Å². The summed E-state index contributed by atoms with van der Waals surface area (Å²) in [7, 11) is 0. The van der Waals surface area contributed by atoms with Gasteiger partial charge in [-0.15, -0.1) is 6.42 Å². The molecule has 1 aliphatic rings. The maximum atomic E-state index is 12.8. The van der Waals surface area contributed by atoms with E-state index in [0.29, 0.717) is 0 Å². The van der Waals surface area contributed by atoms with E-state index in [4.69, 9.17) is 36.9 Å². The molecular weight excluding hydrogens is 580 g/mol. The molecule has 252 valence electrons. The van der Waals surface area contributed by atoms with Crippen LogP contribution in [0.15, 0.2) is 42.2 Å². The highest BCUT2D eigenvalue weighted by Gasteiger charge is 2.30. The van der Waals surface area contributed by atoms with Gasteiger partial charge in [0.15, 0.2) is 6.61 Å². The second kappa shape index (κ2) is 20.7. The van der Waals surface area contributed by atoms with Crippen molar-refractivity contribution in [1.29, 1.82) is 0 Å². The van der Waals surface area contributed by atoms with Crippen molar-refractivity contribution in [2.45, 2.75) is 86.3 Å². The summed E-state index contributed by atoms with van der Waals surface area (Å²) in [5.41, 5.74) is 7.01. The smallest absolute Gasteiger partial charge is 0.408 e. The zero-order chi connectivity index (χ0) is 31.8. The molecule has 1 aromatic rings. The van der Waals surface area contributed by atoms with Gasteiger partial charge in [-0.3, -0.25) is 14.4 Å². The first kappa shape index (κ1) is 40.8. The number of alkyl carbamates (subject to hydrolysis) is 1. The Balaban J connectivity index is 0.00000968. The van der Waals surface area contributed by atoms with Crippen LogP contribution in [0.3, 0.4) is 0 Å². The molecule has 12 nitrogen and oxygen atoms in total. The number of nitrogens with two attached hydrogens (primary N) is 2. The fourth-order valence-electron chi connectivity index (χ4n) is 4.83. The van der Waals surface area contributed by atoms with Gasteiger partial charge in [-0.25, -0.2) is 10.6 Å². The predicted octanol–water partition coefficient (Wildman–Crippen LogP) is 4.35. The van der Waals surface area contributed by atoms with Crippen molar-refractivity contribution in [2.24, 2.45) is 22.9 Å². The molecule has 1 fully saturated rings. The summed E-state index contributed by atoms with van der Waals surface area (Å²) >= 11 is 0. The lowest BCUT2D eigenvalue weighted by Gasteiger charge is -2.35. The van der Waals surface area contributed by atoms with Crippen LogP contribution in [0.4, 0.5) is 4.79 Å². The van der Waals surface area contributed by atoms with Crippen molar-refractivity contribution in [1.82, 2.24) is 10.3 Å². The quantitative estimate of drug-likeness (QED) is 0.0825. The van der Waals surface area contributed by atoms with Crippen molar-refractivity contribution in [3.63, 3.8) is 0 Å². The number of nitrogens with one attached hydrogen (secondary N) is 1. The molecule has 3 atom stereocenters. The SMILES string of the molecule is C.C.C#CCOC(=O)CC(CC(=O)OC/C(N)=C/N(N)CC(OC(=O)NC1CCCC(C)(C)C1)c1ccccc1)C(=O)OCC. The van der Waals surface area contributed by atoms with E-state index in [-0.39, 0.29) is 58.4 Å². The summed E-state index contributed by atoms with van der Waals surface area (Å²) in [6, 6.07) is 9.19. The van der Waals surface area contributed by atoms with E-state index in [1.165, 1.54) is 11.2 Å². The Kier molecular flexibility index (Phi) is 18.7. The maximum Gasteiger partial charge on any atom is 0.408 e. The average molecular weight is 633 g/mol. The van der Waals surface area contributed by atoms with Gasteiger partial charge in [-0.2, -0.15) is 0 Å². The van der Waals surface area contributed by atoms with Gasteiger partial charge in [-0.05, 0) is 37.2 Å². The number of hydrogen-bond acceptors (Lipinski definition) is 11. The second-order valence-electron chi connectivity index (χ2n) is 11.2. The zero-order valence-electron chi connectivity index (χ0n) is 25.2. The van der Waals surface area contributed by atoms with Gasteiger partial charge in [0, 0.05) is 12.2 Å². The Hall–Kier alpha value is -4.24. The van der Waals surface area contributed by atoms with E-state index in [1.54, 1.807) is 6.92 Å². The molecule has 5 N–H and O–H groups in total. The van der Waals surface area contributed by atoms with Gasteiger partial charge >= 0.3 is 24.0 Å². The minimum atomic E-state index is -1.11. The summed E-state index contributed by atoms with van der Waals surface area (Å²) < 4.78 is 20.7. The number of hydrogen-bond donors (Lipinski definition) is 3. The topological polar surface area (TPSA) is 173 Å². The number of carbonyl (C=O) groups excluding carboxylic acids is 4. The molecule has 0 radical (unpaired) electrons. The highest BCUT2D eigenvalue weighted by atomic mass is 16.6. The molecule has 12 heteroatoms. The first-order valence-electron chi connectivity index (χ1n) is 14.3. The lowest BCUT2D eigenvalue weighted by Crippen LogP contribution is -2.42. The van der Waals surface area contributed by atoms with Gasteiger partial charge in [0.1, 0.15) is 12.7 Å². The number of nitrogens with zero attached hydrogens (tertiary/aromatic N) is 1. The van der Waals surface area contributed by atoms with Crippen molar-refractivity contribution in [2.75, 3.05) is 26.4 Å². The summed E-state index contributed by atoms with van der Waals surface area (Å²) in [6.45, 7) is 5.53. The van der Waals surface area contributed by atoms with Crippen molar-refractivity contribution < 1.29 is 38.1 Å². The molecule has 0 heterocycles. The van der Waals surface area contributed by atoms with E-state index in [2.05, 4.69) is 25.1 Å². The van der Waals surface area contributed by atoms with E-state index >= 15 is 0 Å². The molecule has 1 aliphatic carbocycles. The summed E-state index contributed by atoms with van der Waals surface area (Å²) in [5.74, 6) is 4.94. The standard InChI is InChI=1S/C31H44N4O8.2CH4/c1-5-15-41-27(36)16-23(29(38)40-6-2)17-28(37)42-21-24(32)19-35(33)20-26(22-11-8-7-9-12-22)43-30(39)34-25-13-10-14-31(3,4)18-25;;/h1,7-9,11-12,19,23,25-26H,6,10,13-18,20-21,32-33H2,2-4H3,(H,34,39);2*1H4/b24-19-;;. The Labute approximate surface area is 268 Å². The summed E-state index contributed by atoms with van der Waals surface area (Å²) in [6.07, 6.45) is 8.27. The molecule has 0 aromatic heterocycles. The number of amides is 1. The van der Waals surface area contributed by atoms with Crippen LogP contribution in [0.5, 0.6) is 0 Å². The number of terminal acetylenes is 1. The lowest BCUT2D eigenvalue weighted by molar-refractivity contribution is -0.158. The van der Waals surface area contributed by atoms with Crippen molar-refractivity contribution >= 4 is 24.0 Å². The highest BCUT2D eigenvalue weighted by molar-refractivity contribution is 5.84. The lowest BCUT2D eigenvalue weighted by atomic mass is 9.75. The fraction of sp³-hybridized carbons (Fsp3) is 0.576. The largest absolute Gasteiger partial charge is 0.466 e. The normalized spacial score (nSPS) is 16.6. The monoisotopic (exact) mass is 632 g/mol. The van der Waals surface area contributed by atoms with Crippen LogP contribution in [0.1, 0.15) is 85.8 Å². The number of benzene rings is 1. The Morgan fingerprint density at radius 2 is 1.76 bits per heavy atom. The number of rotatable bonds is 15. The van der Waals surface area contributed by atoms with Gasteiger partial charge < -0.3 is 35.0 Å². The molecule has 1 aromatic carbocycles. The Bertz CT molecular complexity index is 1150. The molecule has 45 heavy (non-hydrogen) atoms. The Morgan fingerprint density at radius 3 is 2.36 bits per heavy atom. The third-order valence-corrected chi connectivity index (χ3v) is 6.82. The fourth-order valence-corrected chi connectivity index (χ4v) is 4.83. The van der Waals surface area contributed by atoms with E-state index < -0.39 is 48.9 Å². The number of esters is 3. The van der Waals surface area contributed by atoms with Crippen LogP contribution in [-0.2, 0) is 33.3 Å². The molecule has 2 rings (SSSR count). The molecule has 1 saturated carbocycles. The zero-order valence-corrected chi connectivity index (χ0v) is 25.2. The molecule has 3 unspecified atom stereocenters. The van der Waals surface area contributed by atoms with E-state index in [1.807, 2.05) is 30.3 Å². The van der Waals surface area contributed by atoms with Crippen molar-refractivity contribution in [3.05, 3.63) is 47.8 Å². The summed E-state index contributed by atoms with van der Waals surface area (Å²) in [4.78, 5) is 49.4. The minimum Gasteiger partial charge on any atom is -0.466 e. The first-order valence-corrected chi connectivity index (χ1v) is 14.3. The highest BCUT2D eigenvalue weighted by Crippen LogP contribution is 2.35. The molecule has 0 bridgehead atoms. The molecule has 0 saturated heterocycles. The minimum absolute atomic E-state index is 0. The molecule has 0 spiro atoms. The van der Waals surface area contributed by atoms with Crippen LogP contribution in [-0.4, -0.2) is 61.4 Å². The van der Waals surface area contributed by atoms with Crippen LogP contribution in [0.25, 0.3) is 0 Å². The van der Waals surface area contributed by atoms with Crippen LogP contribution in [0, 0.1) is 23.7 Å². The van der Waals surface area contributed by atoms with E-state index in [9.17, 15) is 19.2 Å². The van der Waals surface area contributed by atoms with E-state index in [0.717, 1.165) is 31.2 Å². The average Bonchev–Trinajstić information content (AvgIpc) is 2.94. The third-order valence-electron chi connectivity index (χ3n) is 6.82. The van der Waals surface area contributed by atoms with Crippen LogP contribution < -0.4 is 16.9 Å². The molecular formula is C33H52N4O8. The maximum absolute atomic E-state index is 12.8.